The number of rotatable bonds is 3. The van der Waals surface area contributed by atoms with Gasteiger partial charge in [0.25, 0.3) is 5.56 Å². The first-order chi connectivity index (χ1) is 15.5. The van der Waals surface area contributed by atoms with Gasteiger partial charge >= 0.3 is 0 Å². The summed E-state index contributed by atoms with van der Waals surface area (Å²) in [6.07, 6.45) is 3.92. The molecule has 1 aromatic carbocycles. The normalized spacial score (nSPS) is 16.1. The summed E-state index contributed by atoms with van der Waals surface area (Å²) in [4.78, 5) is 24.1. The number of hydrogen-bond donors (Lipinski definition) is 1. The second kappa shape index (κ2) is 6.94. The summed E-state index contributed by atoms with van der Waals surface area (Å²) >= 11 is 12.5. The molecular weight excluding hydrogens is 453 g/mol. The highest BCUT2D eigenvalue weighted by molar-refractivity contribution is 6.34. The maximum atomic E-state index is 13.5. The van der Waals surface area contributed by atoms with Gasteiger partial charge in [-0.1, -0.05) is 41.4 Å². The van der Waals surface area contributed by atoms with Crippen LogP contribution in [0.5, 0.6) is 0 Å². The number of anilines is 2. The predicted molar refractivity (Wildman–Crippen MR) is 121 cm³/mol. The predicted octanol–water partition coefficient (Wildman–Crippen LogP) is 2.76. The second-order valence-corrected chi connectivity index (χ2v) is 8.21. The van der Waals surface area contributed by atoms with Crippen molar-refractivity contribution >= 4 is 46.3 Å². The number of nitrogens with zero attached hydrogens (tertiary/aromatic N) is 8. The lowest BCUT2D eigenvalue weighted by Crippen LogP contribution is -2.46. The number of hydrogen-bond acceptors (Lipinski definition) is 7. The van der Waals surface area contributed by atoms with E-state index in [1.807, 2.05) is 35.2 Å². The van der Waals surface area contributed by atoms with Crippen LogP contribution in [0.25, 0.3) is 16.9 Å². The van der Waals surface area contributed by atoms with Gasteiger partial charge in [-0.25, -0.2) is 4.52 Å². The van der Waals surface area contributed by atoms with Crippen LogP contribution in [-0.2, 0) is 0 Å². The van der Waals surface area contributed by atoms with Crippen molar-refractivity contribution in [3.8, 4) is 5.69 Å². The molecule has 1 unspecified atom stereocenters. The molecular formula is C20H15Cl2N9O. The molecule has 1 aliphatic heterocycles. The number of para-hydroxylation sites is 1. The molecule has 5 heterocycles. The van der Waals surface area contributed by atoms with Gasteiger partial charge in [0, 0.05) is 12.7 Å². The standard InChI is InChI=1S/C20H15Cl2N9O/c21-12-6-9-29-15(12)18(32)30(11-4-2-1-3-5-11)17(27-29)14-7-8-28(14)20-26-19(23)25-16-13(22)10-24-31(16)20/h1-6,9-10,14H,7-8H2,(H2,23,25). The molecule has 32 heavy (non-hydrogen) atoms. The number of aromatic nitrogens is 7. The van der Waals surface area contributed by atoms with Crippen LogP contribution in [0.1, 0.15) is 18.3 Å². The Hall–Kier alpha value is -3.63. The van der Waals surface area contributed by atoms with Crippen LogP contribution in [0.2, 0.25) is 10.0 Å². The monoisotopic (exact) mass is 467 g/mol. The summed E-state index contributed by atoms with van der Waals surface area (Å²) in [6.45, 7) is 0.669. The highest BCUT2D eigenvalue weighted by Gasteiger charge is 2.37. The summed E-state index contributed by atoms with van der Waals surface area (Å²) in [5.41, 5.74) is 7.12. The molecule has 5 aromatic rings. The van der Waals surface area contributed by atoms with E-state index in [0.717, 1.165) is 6.42 Å². The van der Waals surface area contributed by atoms with Crippen molar-refractivity contribution in [3.05, 3.63) is 75.0 Å². The molecule has 160 valence electrons. The quantitative estimate of drug-likeness (QED) is 0.434. The van der Waals surface area contributed by atoms with E-state index in [0.29, 0.717) is 45.2 Å². The van der Waals surface area contributed by atoms with Crippen LogP contribution in [0, 0.1) is 0 Å². The van der Waals surface area contributed by atoms with Gasteiger partial charge in [0.05, 0.1) is 22.9 Å². The molecule has 10 nitrogen and oxygen atoms in total. The minimum absolute atomic E-state index is 0.0848. The topological polar surface area (TPSA) is 112 Å². The van der Waals surface area contributed by atoms with Crippen molar-refractivity contribution in [3.63, 3.8) is 0 Å². The lowest BCUT2D eigenvalue weighted by atomic mass is 10.0. The van der Waals surface area contributed by atoms with Gasteiger partial charge in [-0.3, -0.25) is 9.36 Å². The third-order valence-corrected chi connectivity index (χ3v) is 6.15. The van der Waals surface area contributed by atoms with Crippen LogP contribution in [-0.4, -0.2) is 40.3 Å². The van der Waals surface area contributed by atoms with Gasteiger partial charge in [0.1, 0.15) is 10.5 Å². The van der Waals surface area contributed by atoms with Crippen molar-refractivity contribution in [2.24, 2.45) is 0 Å². The lowest BCUT2D eigenvalue weighted by molar-refractivity contribution is 0.415. The Bertz CT molecular complexity index is 1560. The molecule has 1 saturated heterocycles. The first-order valence-corrected chi connectivity index (χ1v) is 10.6. The fourth-order valence-electron chi connectivity index (χ4n) is 4.02. The molecule has 0 aliphatic carbocycles. The number of fused-ring (bicyclic) bond motifs is 2. The van der Waals surface area contributed by atoms with E-state index in [4.69, 9.17) is 34.0 Å². The minimum Gasteiger partial charge on any atom is -0.368 e. The smallest absolute Gasteiger partial charge is 0.284 e. The van der Waals surface area contributed by atoms with Gasteiger partial charge < -0.3 is 10.6 Å². The number of nitrogen functional groups attached to an aromatic ring is 1. The van der Waals surface area contributed by atoms with Crippen molar-refractivity contribution < 1.29 is 0 Å². The van der Waals surface area contributed by atoms with Crippen molar-refractivity contribution in [2.45, 2.75) is 12.5 Å². The highest BCUT2D eigenvalue weighted by atomic mass is 35.5. The van der Waals surface area contributed by atoms with Crippen LogP contribution < -0.4 is 16.2 Å². The summed E-state index contributed by atoms with van der Waals surface area (Å²) in [5.74, 6) is 1.12. The number of nitrogens with two attached hydrogens (primary N) is 1. The summed E-state index contributed by atoms with van der Waals surface area (Å²) in [5, 5.41) is 9.78. The Morgan fingerprint density at radius 1 is 1.06 bits per heavy atom. The molecule has 0 radical (unpaired) electrons. The van der Waals surface area contributed by atoms with E-state index in [-0.39, 0.29) is 17.5 Å². The molecule has 0 amide bonds. The molecule has 1 fully saturated rings. The fraction of sp³-hybridized carbons (Fsp3) is 0.150. The first kappa shape index (κ1) is 19.1. The molecule has 0 spiro atoms. The van der Waals surface area contributed by atoms with E-state index in [9.17, 15) is 4.79 Å². The molecule has 6 rings (SSSR count). The van der Waals surface area contributed by atoms with Crippen LogP contribution >= 0.6 is 23.2 Å². The molecule has 0 saturated carbocycles. The zero-order chi connectivity index (χ0) is 22.0. The second-order valence-electron chi connectivity index (χ2n) is 7.40. The third-order valence-electron chi connectivity index (χ3n) is 5.58. The van der Waals surface area contributed by atoms with Crippen molar-refractivity contribution in [1.82, 2.24) is 33.8 Å². The van der Waals surface area contributed by atoms with Crippen molar-refractivity contribution in [1.29, 1.82) is 0 Å². The Balaban J connectivity index is 1.57. The zero-order valence-electron chi connectivity index (χ0n) is 16.4. The van der Waals surface area contributed by atoms with Gasteiger partial charge in [-0.05, 0) is 24.6 Å². The van der Waals surface area contributed by atoms with Crippen LogP contribution in [0.4, 0.5) is 11.9 Å². The zero-order valence-corrected chi connectivity index (χ0v) is 17.9. The Kier molecular flexibility index (Phi) is 4.14. The summed E-state index contributed by atoms with van der Waals surface area (Å²) < 4.78 is 4.65. The average Bonchev–Trinajstić information content (AvgIpc) is 3.31. The van der Waals surface area contributed by atoms with Gasteiger partial charge in [0.2, 0.25) is 11.9 Å². The van der Waals surface area contributed by atoms with Crippen molar-refractivity contribution in [2.75, 3.05) is 17.2 Å². The number of halogens is 2. The van der Waals surface area contributed by atoms with Gasteiger partial charge in [-0.15, -0.1) is 0 Å². The van der Waals surface area contributed by atoms with E-state index >= 15 is 0 Å². The molecule has 1 aliphatic rings. The Morgan fingerprint density at radius 3 is 2.62 bits per heavy atom. The van der Waals surface area contributed by atoms with Gasteiger partial charge in [0.15, 0.2) is 11.5 Å². The third kappa shape index (κ3) is 2.69. The Morgan fingerprint density at radius 2 is 1.88 bits per heavy atom. The van der Waals surface area contributed by atoms with E-state index in [1.54, 1.807) is 21.3 Å². The molecule has 2 N–H and O–H groups in total. The Labute approximate surface area is 190 Å². The SMILES string of the molecule is Nc1nc(N2CCC2c2nn3ccc(Cl)c3c(=O)n2-c2ccccc2)n2ncc(Cl)c2n1. The molecule has 0 bridgehead atoms. The largest absolute Gasteiger partial charge is 0.368 e. The fourth-order valence-corrected chi connectivity index (χ4v) is 4.41. The first-order valence-electron chi connectivity index (χ1n) is 9.81. The summed E-state index contributed by atoms with van der Waals surface area (Å²) in [7, 11) is 0. The number of benzene rings is 1. The van der Waals surface area contributed by atoms with E-state index in [1.165, 1.54) is 10.7 Å². The molecule has 4 aromatic heterocycles. The van der Waals surface area contributed by atoms with E-state index < -0.39 is 0 Å². The maximum absolute atomic E-state index is 13.5. The van der Waals surface area contributed by atoms with E-state index in [2.05, 4.69) is 15.1 Å². The van der Waals surface area contributed by atoms with Crippen LogP contribution in [0.3, 0.4) is 0 Å². The van der Waals surface area contributed by atoms with Crippen LogP contribution in [0.15, 0.2) is 53.6 Å². The highest BCUT2D eigenvalue weighted by Crippen LogP contribution is 2.37. The summed E-state index contributed by atoms with van der Waals surface area (Å²) in [6, 6.07) is 10.7. The minimum atomic E-state index is -0.256. The average molecular weight is 468 g/mol. The molecule has 1 atom stereocenters. The lowest BCUT2D eigenvalue weighted by Gasteiger charge is -2.41. The maximum Gasteiger partial charge on any atom is 0.284 e. The van der Waals surface area contributed by atoms with Gasteiger partial charge in [-0.2, -0.15) is 24.7 Å². The molecule has 12 heteroatoms.